The molecule has 0 bridgehead atoms. The third-order valence-corrected chi connectivity index (χ3v) is 3.62. The summed E-state index contributed by atoms with van der Waals surface area (Å²) in [6.45, 7) is 6.30. The fourth-order valence-corrected chi connectivity index (χ4v) is 2.37. The predicted molar refractivity (Wildman–Crippen MR) is 81.8 cm³/mol. The van der Waals surface area contributed by atoms with Crippen molar-refractivity contribution in [1.29, 1.82) is 0 Å². The number of ether oxygens (including phenoxy) is 2. The molecule has 5 nitrogen and oxygen atoms in total. The third kappa shape index (κ3) is 3.12. The van der Waals surface area contributed by atoms with Crippen molar-refractivity contribution in [2.45, 2.75) is 39.8 Å². The summed E-state index contributed by atoms with van der Waals surface area (Å²) in [4.78, 5) is 0. The van der Waals surface area contributed by atoms with Crippen LogP contribution in [0.5, 0.6) is 11.5 Å². The second-order valence-electron chi connectivity index (χ2n) is 5.29. The molecule has 112 valence electrons. The van der Waals surface area contributed by atoms with Gasteiger partial charge in [0.1, 0.15) is 5.82 Å². The van der Waals surface area contributed by atoms with Gasteiger partial charge < -0.3 is 14.8 Å². The Morgan fingerprint density at radius 3 is 2.95 bits per heavy atom. The van der Waals surface area contributed by atoms with Crippen molar-refractivity contribution in [3.8, 4) is 11.5 Å². The van der Waals surface area contributed by atoms with Crippen molar-refractivity contribution in [1.82, 2.24) is 9.78 Å². The van der Waals surface area contributed by atoms with Crippen molar-refractivity contribution in [2.24, 2.45) is 0 Å². The maximum Gasteiger partial charge on any atom is 0.231 e. The minimum Gasteiger partial charge on any atom is -0.454 e. The first-order chi connectivity index (χ1) is 10.3. The molecule has 5 heteroatoms. The lowest BCUT2D eigenvalue weighted by molar-refractivity contribution is 0.174. The van der Waals surface area contributed by atoms with E-state index in [-0.39, 0.29) is 0 Å². The van der Waals surface area contributed by atoms with Crippen LogP contribution in [0, 0.1) is 6.92 Å². The highest BCUT2D eigenvalue weighted by Gasteiger charge is 2.13. The molecule has 1 aliphatic heterocycles. The van der Waals surface area contributed by atoms with E-state index < -0.39 is 0 Å². The number of nitrogens with zero attached hydrogens (tertiary/aromatic N) is 2. The minimum atomic E-state index is 0.313. The Hall–Kier alpha value is -2.17. The monoisotopic (exact) mass is 287 g/mol. The van der Waals surface area contributed by atoms with E-state index in [1.54, 1.807) is 0 Å². The van der Waals surface area contributed by atoms with Gasteiger partial charge in [-0.2, -0.15) is 5.10 Å². The lowest BCUT2D eigenvalue weighted by Crippen LogP contribution is -2.04. The zero-order valence-electron chi connectivity index (χ0n) is 12.6. The van der Waals surface area contributed by atoms with Crippen LogP contribution in [0.4, 0.5) is 5.82 Å². The molecule has 0 fully saturated rings. The van der Waals surface area contributed by atoms with Gasteiger partial charge in [-0.05, 0) is 31.0 Å². The van der Waals surface area contributed by atoms with Crippen molar-refractivity contribution in [3.63, 3.8) is 0 Å². The molecule has 1 aliphatic rings. The molecule has 0 saturated heterocycles. The molecule has 0 unspecified atom stereocenters. The summed E-state index contributed by atoms with van der Waals surface area (Å²) in [6.07, 6.45) is 2.34. The van der Waals surface area contributed by atoms with E-state index in [2.05, 4.69) is 35.0 Å². The van der Waals surface area contributed by atoms with E-state index >= 15 is 0 Å². The average molecular weight is 287 g/mol. The first-order valence-electron chi connectivity index (χ1n) is 7.43. The molecular formula is C16H21N3O2. The molecule has 0 amide bonds. The SMILES string of the molecule is CCCCn1nc(NCc2ccc3c(c2)OCO3)cc1C. The lowest BCUT2D eigenvalue weighted by atomic mass is 10.2. The zero-order valence-corrected chi connectivity index (χ0v) is 12.6. The minimum absolute atomic E-state index is 0.313. The summed E-state index contributed by atoms with van der Waals surface area (Å²) >= 11 is 0. The van der Waals surface area contributed by atoms with Gasteiger partial charge >= 0.3 is 0 Å². The topological polar surface area (TPSA) is 48.3 Å². The van der Waals surface area contributed by atoms with Gasteiger partial charge in [-0.15, -0.1) is 0 Å². The van der Waals surface area contributed by atoms with Gasteiger partial charge in [0.2, 0.25) is 6.79 Å². The first-order valence-corrected chi connectivity index (χ1v) is 7.43. The van der Waals surface area contributed by atoms with Crippen LogP contribution in [0.1, 0.15) is 31.0 Å². The molecular weight excluding hydrogens is 266 g/mol. The van der Waals surface area contributed by atoms with Crippen LogP contribution in [0.15, 0.2) is 24.3 Å². The molecule has 21 heavy (non-hydrogen) atoms. The van der Waals surface area contributed by atoms with Crippen LogP contribution in [-0.2, 0) is 13.1 Å². The van der Waals surface area contributed by atoms with Crippen molar-refractivity contribution < 1.29 is 9.47 Å². The van der Waals surface area contributed by atoms with Crippen LogP contribution in [0.2, 0.25) is 0 Å². The molecule has 0 atom stereocenters. The number of hydrogen-bond donors (Lipinski definition) is 1. The number of aromatic nitrogens is 2. The number of nitrogens with one attached hydrogen (secondary N) is 1. The number of benzene rings is 1. The van der Waals surface area contributed by atoms with E-state index in [4.69, 9.17) is 9.47 Å². The van der Waals surface area contributed by atoms with Crippen molar-refractivity contribution >= 4 is 5.82 Å². The van der Waals surface area contributed by atoms with E-state index in [9.17, 15) is 0 Å². The van der Waals surface area contributed by atoms with Gasteiger partial charge in [0, 0.05) is 24.8 Å². The van der Waals surface area contributed by atoms with E-state index in [1.807, 2.05) is 18.2 Å². The normalized spacial score (nSPS) is 12.7. The summed E-state index contributed by atoms with van der Waals surface area (Å²) < 4.78 is 12.8. The van der Waals surface area contributed by atoms with E-state index in [0.29, 0.717) is 6.79 Å². The van der Waals surface area contributed by atoms with E-state index in [1.165, 1.54) is 12.1 Å². The Kier molecular flexibility index (Phi) is 3.99. The first kappa shape index (κ1) is 13.8. The second kappa shape index (κ2) is 6.08. The summed E-state index contributed by atoms with van der Waals surface area (Å²) in [5.41, 5.74) is 2.34. The standard InChI is InChI=1S/C16H21N3O2/c1-3-4-7-19-12(2)8-16(18-19)17-10-13-5-6-14-15(9-13)21-11-20-14/h5-6,8-9H,3-4,7,10-11H2,1-2H3,(H,17,18). The van der Waals surface area contributed by atoms with Gasteiger partial charge in [0.25, 0.3) is 0 Å². The summed E-state index contributed by atoms with van der Waals surface area (Å²) in [7, 11) is 0. The van der Waals surface area contributed by atoms with Crippen LogP contribution in [0.3, 0.4) is 0 Å². The Bertz CT molecular complexity index is 622. The zero-order chi connectivity index (χ0) is 14.7. The number of hydrogen-bond acceptors (Lipinski definition) is 4. The van der Waals surface area contributed by atoms with Gasteiger partial charge in [-0.3, -0.25) is 4.68 Å². The highest BCUT2D eigenvalue weighted by Crippen LogP contribution is 2.32. The maximum atomic E-state index is 5.39. The second-order valence-corrected chi connectivity index (χ2v) is 5.29. The Morgan fingerprint density at radius 1 is 1.24 bits per heavy atom. The number of unbranched alkanes of at least 4 members (excludes halogenated alkanes) is 1. The molecule has 3 rings (SSSR count). The lowest BCUT2D eigenvalue weighted by Gasteiger charge is -2.05. The smallest absolute Gasteiger partial charge is 0.231 e. The highest BCUT2D eigenvalue weighted by molar-refractivity contribution is 5.46. The van der Waals surface area contributed by atoms with Gasteiger partial charge in [0.15, 0.2) is 11.5 Å². The number of aryl methyl sites for hydroxylation is 2. The highest BCUT2D eigenvalue weighted by atomic mass is 16.7. The molecule has 1 aromatic heterocycles. The average Bonchev–Trinajstić information content (AvgIpc) is 3.08. The largest absolute Gasteiger partial charge is 0.454 e. The van der Waals surface area contributed by atoms with Crippen molar-refractivity contribution in [2.75, 3.05) is 12.1 Å². The number of fused-ring (bicyclic) bond motifs is 1. The maximum absolute atomic E-state index is 5.39. The fourth-order valence-electron chi connectivity index (χ4n) is 2.37. The quantitative estimate of drug-likeness (QED) is 0.885. The molecule has 1 N–H and O–H groups in total. The van der Waals surface area contributed by atoms with E-state index in [0.717, 1.165) is 42.4 Å². The van der Waals surface area contributed by atoms with Gasteiger partial charge in [0.05, 0.1) is 0 Å². The summed E-state index contributed by atoms with van der Waals surface area (Å²) in [5, 5.41) is 7.95. The van der Waals surface area contributed by atoms with Gasteiger partial charge in [-0.1, -0.05) is 19.4 Å². The Morgan fingerprint density at radius 2 is 2.10 bits per heavy atom. The molecule has 2 heterocycles. The number of rotatable bonds is 6. The van der Waals surface area contributed by atoms with Crippen LogP contribution >= 0.6 is 0 Å². The van der Waals surface area contributed by atoms with Crippen LogP contribution < -0.4 is 14.8 Å². The van der Waals surface area contributed by atoms with Crippen LogP contribution in [-0.4, -0.2) is 16.6 Å². The molecule has 0 aliphatic carbocycles. The summed E-state index contributed by atoms with van der Waals surface area (Å²) in [5.74, 6) is 2.55. The third-order valence-electron chi connectivity index (χ3n) is 3.62. The number of anilines is 1. The van der Waals surface area contributed by atoms with Crippen molar-refractivity contribution in [3.05, 3.63) is 35.5 Å². The summed E-state index contributed by atoms with van der Waals surface area (Å²) in [6, 6.07) is 8.09. The van der Waals surface area contributed by atoms with Gasteiger partial charge in [-0.25, -0.2) is 0 Å². The Balaban J connectivity index is 1.62. The fraction of sp³-hybridized carbons (Fsp3) is 0.438. The molecule has 0 saturated carbocycles. The molecule has 1 aromatic carbocycles. The van der Waals surface area contributed by atoms with Crippen LogP contribution in [0.25, 0.3) is 0 Å². The Labute approximate surface area is 124 Å². The molecule has 0 spiro atoms. The predicted octanol–water partition coefficient (Wildman–Crippen LogP) is 3.33. The molecule has 2 aromatic rings. The molecule has 0 radical (unpaired) electrons.